The molecule has 2 aromatic carbocycles. The monoisotopic (exact) mass is 1940 g/mol. The first-order valence-electron chi connectivity index (χ1n) is 46.9. The summed E-state index contributed by atoms with van der Waals surface area (Å²) in [4.78, 5) is 202. The average Bonchev–Trinajstić information content (AvgIpc) is 1.78. The lowest BCUT2D eigenvalue weighted by Gasteiger charge is -2.28. The van der Waals surface area contributed by atoms with Crippen molar-refractivity contribution in [2.45, 2.75) is 242 Å². The third-order valence-electron chi connectivity index (χ3n) is 20.0. The molecular weight excluding hydrogens is 1790 g/mol. The molecule has 42 nitrogen and oxygen atoms in total. The van der Waals surface area contributed by atoms with Crippen molar-refractivity contribution < 1.29 is 139 Å². The molecule has 42 heteroatoms. The van der Waals surface area contributed by atoms with E-state index in [1.165, 1.54) is 24.3 Å². The molecule has 772 valence electrons. The fourth-order valence-electron chi connectivity index (χ4n) is 12.7. The van der Waals surface area contributed by atoms with E-state index in [1.54, 1.807) is 90.1 Å². The highest BCUT2D eigenvalue weighted by atomic mass is 16.7. The molecule has 2 aromatic rings. The maximum Gasteiger partial charge on any atom is 0.407 e. The normalized spacial score (nSPS) is 13.9. The molecule has 0 unspecified atom stereocenters. The van der Waals surface area contributed by atoms with Crippen molar-refractivity contribution in [1.29, 1.82) is 0 Å². The highest BCUT2D eigenvalue weighted by molar-refractivity contribution is 6.14. The molecule has 0 saturated carbocycles. The number of anilines is 2. The van der Waals surface area contributed by atoms with E-state index in [0.717, 1.165) is 21.9 Å². The van der Waals surface area contributed by atoms with Gasteiger partial charge in [0.2, 0.25) is 35.4 Å². The van der Waals surface area contributed by atoms with Crippen LogP contribution in [-0.2, 0) is 133 Å². The van der Waals surface area contributed by atoms with Crippen LogP contribution in [-0.4, -0.2) is 318 Å². The van der Waals surface area contributed by atoms with Gasteiger partial charge >= 0.3 is 18.2 Å². The number of hydroxylamine groups is 2. The lowest BCUT2D eigenvalue weighted by molar-refractivity contribution is -0.198. The number of alkyl carbamates (subject to hydrolysis) is 2. The molecule has 0 bridgehead atoms. The number of benzene rings is 2. The minimum atomic E-state index is -0.809. The van der Waals surface area contributed by atoms with Gasteiger partial charge < -0.3 is 111 Å². The number of nitrogens with one attached hydrogen (secondary N) is 8. The molecule has 137 heavy (non-hydrogen) atoms. The molecule has 5 rings (SSSR count). The van der Waals surface area contributed by atoms with Crippen molar-refractivity contribution in [3.8, 4) is 0 Å². The van der Waals surface area contributed by atoms with Gasteiger partial charge in [0.15, 0.2) is 5.78 Å². The quantitative estimate of drug-likeness (QED) is 0.0295. The predicted octanol–water partition coefficient (Wildman–Crippen LogP) is 5.30. The summed E-state index contributed by atoms with van der Waals surface area (Å²) in [6, 6.07) is 12.6. The van der Waals surface area contributed by atoms with Crippen molar-refractivity contribution in [3.05, 3.63) is 84.0 Å². The van der Waals surface area contributed by atoms with Gasteiger partial charge in [-0.1, -0.05) is 65.3 Å². The van der Waals surface area contributed by atoms with E-state index in [1.807, 2.05) is 27.7 Å². The van der Waals surface area contributed by atoms with E-state index in [0.29, 0.717) is 158 Å². The van der Waals surface area contributed by atoms with Crippen LogP contribution in [0.15, 0.2) is 72.8 Å². The Morgan fingerprint density at radius 1 is 0.431 bits per heavy atom. The van der Waals surface area contributed by atoms with Gasteiger partial charge in [-0.05, 0) is 155 Å². The van der Waals surface area contributed by atoms with E-state index >= 15 is 0 Å². The number of nitrogens with two attached hydrogens (primary N) is 1. The van der Waals surface area contributed by atoms with E-state index in [9.17, 15) is 81.8 Å². The maximum atomic E-state index is 13.6. The van der Waals surface area contributed by atoms with Gasteiger partial charge in [-0.25, -0.2) is 14.4 Å². The number of carbonyl (C=O) groups excluding carboxylic acids is 16. The lowest BCUT2D eigenvalue weighted by Crippen LogP contribution is -2.51. The molecule has 3 heterocycles. The second kappa shape index (κ2) is 70.1. The number of hydrogen-bond acceptors (Lipinski definition) is 31. The molecule has 0 aliphatic carbocycles. The van der Waals surface area contributed by atoms with Crippen LogP contribution >= 0.6 is 0 Å². The second-order valence-corrected chi connectivity index (χ2v) is 35.0. The van der Waals surface area contributed by atoms with Crippen molar-refractivity contribution in [1.82, 2.24) is 51.7 Å². The number of aliphatic hydroxyl groups excluding tert-OH is 2. The zero-order valence-corrected chi connectivity index (χ0v) is 82.7. The van der Waals surface area contributed by atoms with E-state index < -0.39 is 88.8 Å². The summed E-state index contributed by atoms with van der Waals surface area (Å²) < 4.78 is 53.6. The van der Waals surface area contributed by atoms with E-state index in [2.05, 4.69) is 82.1 Å². The summed E-state index contributed by atoms with van der Waals surface area (Å²) >= 11 is 0. The fourth-order valence-corrected chi connectivity index (χ4v) is 12.7. The zero-order valence-electron chi connectivity index (χ0n) is 82.7. The van der Waals surface area contributed by atoms with Crippen LogP contribution in [0.25, 0.3) is 0 Å². The smallest absolute Gasteiger partial charge is 0.407 e. The molecule has 0 aromatic heterocycles. The first-order valence-corrected chi connectivity index (χ1v) is 46.9. The van der Waals surface area contributed by atoms with Crippen LogP contribution in [0, 0.1) is 17.8 Å². The Bertz CT molecular complexity index is 4000. The van der Waals surface area contributed by atoms with E-state index in [-0.39, 0.29) is 170 Å². The summed E-state index contributed by atoms with van der Waals surface area (Å²) in [7, 11) is 0. The molecular formula is C95H153N13O29. The highest BCUT2D eigenvalue weighted by Gasteiger charge is 2.35. The first kappa shape index (κ1) is 122. The van der Waals surface area contributed by atoms with Gasteiger partial charge in [0.05, 0.1) is 137 Å². The highest BCUT2D eigenvalue weighted by Crippen LogP contribution is 2.22. The number of rotatable bonds is 64. The van der Waals surface area contributed by atoms with Crippen LogP contribution in [0.2, 0.25) is 0 Å². The van der Waals surface area contributed by atoms with Gasteiger partial charge in [0.25, 0.3) is 35.4 Å². The summed E-state index contributed by atoms with van der Waals surface area (Å²) in [5.41, 5.74) is 7.24. The predicted molar refractivity (Wildman–Crippen MR) is 505 cm³/mol. The molecule has 1 saturated heterocycles. The minimum absolute atomic E-state index is 0.0160. The number of carbonyl (C=O) groups is 16. The Kier molecular flexibility index (Phi) is 62.6. The van der Waals surface area contributed by atoms with Crippen LogP contribution in [0.5, 0.6) is 0 Å². The Balaban J connectivity index is 0.000000702. The topological polar surface area (TPSA) is 550 Å². The first-order chi connectivity index (χ1) is 65.0. The van der Waals surface area contributed by atoms with Crippen molar-refractivity contribution >= 4 is 106 Å². The second-order valence-electron chi connectivity index (χ2n) is 35.0. The summed E-state index contributed by atoms with van der Waals surface area (Å²) in [5, 5.41) is 40.9. The molecule has 3 aliphatic rings. The van der Waals surface area contributed by atoms with Gasteiger partial charge in [-0.15, -0.1) is 5.06 Å². The number of unbranched alkanes of at least 4 members (excludes halogenated alkanes) is 2. The molecule has 12 N–H and O–H groups in total. The SMILES string of the molecule is CC(C)[C@H](N)C(=O)N[C@@H](CCCCNC(=O)OC(C)(C)C)C(=O)Nc1ccc(CO)cc1.CC(C)[C@H](NC(=O)CCOCCOCCOCCOCCNC(=O)CCN1C(=O)C=CC1=O)C(=O)C[C@@H](CCCCNC(=O)OC(C)(C)C)C(=O)Nc1ccc(CO)cc1.CCN(C(C)C)C(C)C.O=C(CCN1C(=O)C=CC1=O)NCCOCCOCCOCCOCCC(=O)ON1C(=O)CCC1=O. The third-order valence-corrected chi connectivity index (χ3v) is 20.0. The van der Waals surface area contributed by atoms with E-state index in [4.69, 9.17) is 63.0 Å². The van der Waals surface area contributed by atoms with Gasteiger partial charge in [-0.3, -0.25) is 77.0 Å². The van der Waals surface area contributed by atoms with Crippen LogP contribution in [0.1, 0.15) is 198 Å². The largest absolute Gasteiger partial charge is 0.444 e. The maximum absolute atomic E-state index is 13.6. The average molecular weight is 1940 g/mol. The Labute approximate surface area is 805 Å². The number of hydrogen-bond donors (Lipinski definition) is 11. The van der Waals surface area contributed by atoms with Gasteiger partial charge in [-0.2, -0.15) is 0 Å². The summed E-state index contributed by atoms with van der Waals surface area (Å²) in [6.45, 7) is 36.1. The number of imide groups is 3. The molecule has 14 amide bonds. The fraction of sp³-hybridized carbons (Fsp3) is 0.663. The van der Waals surface area contributed by atoms with Crippen LogP contribution < -0.4 is 48.3 Å². The molecule has 0 radical (unpaired) electrons. The lowest BCUT2D eigenvalue weighted by atomic mass is 9.89. The molecule has 0 spiro atoms. The molecule has 4 atom stereocenters. The number of Topliss-reactive ketones (excluding diaryl/α,β-unsaturated/α-hetero) is 1. The number of amides is 14. The van der Waals surface area contributed by atoms with Gasteiger partial charge in [0.1, 0.15) is 17.2 Å². The van der Waals surface area contributed by atoms with Crippen LogP contribution in [0.4, 0.5) is 21.0 Å². The van der Waals surface area contributed by atoms with Crippen molar-refractivity contribution in [3.63, 3.8) is 0 Å². The number of nitrogens with zero attached hydrogens (tertiary/aromatic N) is 4. The van der Waals surface area contributed by atoms with Crippen molar-refractivity contribution in [2.24, 2.45) is 23.5 Å². The summed E-state index contributed by atoms with van der Waals surface area (Å²) in [6.07, 6.45) is 6.72. The van der Waals surface area contributed by atoms with Crippen molar-refractivity contribution in [2.75, 3.05) is 162 Å². The number of ketones is 1. The third kappa shape index (κ3) is 57.4. The summed E-state index contributed by atoms with van der Waals surface area (Å²) in [5.74, 6) is -6.71. The molecule has 1 fully saturated rings. The number of ether oxygens (including phenoxy) is 10. The van der Waals surface area contributed by atoms with Crippen LogP contribution in [0.3, 0.4) is 0 Å². The Hall–Kier alpha value is -10.6. The standard InChI is InChI=1S/C42H65N5O13.C23H38N4O5.C22H31N3O11.C8H19N/c1-30(2)39(34(49)28-32(8-6-7-17-44-41(55)60-42(3,4)5)40(54)45-33-11-9-31(29-48)10-12-33)46-36(51)16-20-56-22-24-58-26-27-59-25-23-57-21-18-43-35(50)15-19-47-37(52)13-14-38(47)53;1-15(2)19(24)21(30)27-18(8-6-7-13-25-22(31)32-23(3,4)5)20(29)26-17-11-9-16(14-28)10-12-17;26-17(5-8-24-18(27)1-2-19(24)28)23-7-10-33-12-14-35-16-15-34-13-11-32-9-6-22(31)36-25-20(29)3-4-21(25)30;1-6-9(7(2)3)8(4)5/h9-14,30,32,39,48H,6-8,15-29H2,1-5H3,(H,43,50)(H,44,55)(H,45,54)(H,46,51);9-12,15,18-19,28H,6-8,13-14,24H2,1-5H3,(H,25,31)(H,26,29)(H,27,30);1-2H,3-16H2,(H,23,26);7-8H,6H2,1-5H3/t32-,39+;18-,19-;;/m10../s1. The van der Waals surface area contributed by atoms with Gasteiger partial charge in [0, 0.05) is 131 Å². The minimum Gasteiger partial charge on any atom is -0.444 e. The number of aliphatic hydroxyl groups is 2. The Morgan fingerprint density at radius 3 is 1.16 bits per heavy atom. The zero-order chi connectivity index (χ0) is 102. The Morgan fingerprint density at radius 2 is 0.803 bits per heavy atom. The molecule has 3 aliphatic heterocycles.